The number of nitrogens with one attached hydrogen (secondary N) is 1. The van der Waals surface area contributed by atoms with Gasteiger partial charge in [-0.05, 0) is 99.2 Å². The van der Waals surface area contributed by atoms with Crippen molar-refractivity contribution < 1.29 is 4.79 Å². The van der Waals surface area contributed by atoms with Gasteiger partial charge in [0, 0.05) is 16.1 Å². The van der Waals surface area contributed by atoms with Crippen molar-refractivity contribution in [1.82, 2.24) is 14.5 Å². The number of thioether (sulfide) groups is 1. The van der Waals surface area contributed by atoms with E-state index in [-0.39, 0.29) is 17.2 Å². The summed E-state index contributed by atoms with van der Waals surface area (Å²) >= 11 is 4.58. The van der Waals surface area contributed by atoms with Gasteiger partial charge in [0.15, 0.2) is 5.16 Å². The van der Waals surface area contributed by atoms with E-state index in [0.29, 0.717) is 10.8 Å². The summed E-state index contributed by atoms with van der Waals surface area (Å²) in [6, 6.07) is 21.9. The van der Waals surface area contributed by atoms with Gasteiger partial charge < -0.3 is 5.32 Å². The van der Waals surface area contributed by atoms with Gasteiger partial charge >= 0.3 is 0 Å². The van der Waals surface area contributed by atoms with Gasteiger partial charge in [-0.3, -0.25) is 14.2 Å². The van der Waals surface area contributed by atoms with Crippen LogP contribution in [0.3, 0.4) is 0 Å². The molecule has 0 atom stereocenters. The highest BCUT2D eigenvalue weighted by Crippen LogP contribution is 2.35. The zero-order valence-electron chi connectivity index (χ0n) is 23.3. The molecule has 9 heteroatoms. The molecule has 3 aromatic carbocycles. The highest BCUT2D eigenvalue weighted by Gasteiger charge is 2.23. The second-order valence-corrected chi connectivity index (χ2v) is 13.7. The molecule has 1 aliphatic rings. The van der Waals surface area contributed by atoms with E-state index < -0.39 is 0 Å². The lowest BCUT2D eigenvalue weighted by Crippen LogP contribution is -2.23. The van der Waals surface area contributed by atoms with Crippen LogP contribution in [0.25, 0.3) is 36.7 Å². The standard InChI is InChI=1S/C33H28N4O2S3/c1-19-7-14-23(15-8-19)37-32(39)29-24-5-3-4-6-26(24)41-31(29)36-33(37)40-18-28(38)34-22-12-10-21(11-13-22)30-35-25-16-9-20(2)17-27(25)42-30/h7-17H,3-6,18H2,1-2H3,(H,34,38). The molecule has 0 spiro atoms. The van der Waals surface area contributed by atoms with Crippen LogP contribution in [0.2, 0.25) is 0 Å². The summed E-state index contributed by atoms with van der Waals surface area (Å²) in [5, 5.41) is 5.22. The number of amides is 1. The molecular weight excluding hydrogens is 581 g/mol. The second-order valence-electron chi connectivity index (χ2n) is 10.7. The fourth-order valence-electron chi connectivity index (χ4n) is 5.38. The molecule has 0 saturated carbocycles. The monoisotopic (exact) mass is 608 g/mol. The zero-order chi connectivity index (χ0) is 28.8. The van der Waals surface area contributed by atoms with Crippen LogP contribution in [-0.4, -0.2) is 26.2 Å². The molecule has 0 radical (unpaired) electrons. The van der Waals surface area contributed by atoms with Crippen molar-refractivity contribution in [1.29, 1.82) is 0 Å². The van der Waals surface area contributed by atoms with Crippen LogP contribution in [-0.2, 0) is 17.6 Å². The fourth-order valence-corrected chi connectivity index (χ4v) is 8.57. The maximum Gasteiger partial charge on any atom is 0.267 e. The number of benzene rings is 3. The van der Waals surface area contributed by atoms with Crippen LogP contribution >= 0.6 is 34.4 Å². The number of thiazole rings is 1. The number of carbonyl (C=O) groups is 1. The summed E-state index contributed by atoms with van der Waals surface area (Å²) in [5.41, 5.74) is 6.93. The van der Waals surface area contributed by atoms with E-state index >= 15 is 0 Å². The summed E-state index contributed by atoms with van der Waals surface area (Å²) in [5.74, 6) is -0.0214. The average molecular weight is 609 g/mol. The lowest BCUT2D eigenvalue weighted by molar-refractivity contribution is -0.113. The summed E-state index contributed by atoms with van der Waals surface area (Å²) in [6.45, 7) is 4.11. The number of hydrogen-bond donors (Lipinski definition) is 1. The number of aryl methyl sites for hydroxylation is 4. The first-order valence-corrected chi connectivity index (χ1v) is 16.6. The Balaban J connectivity index is 1.12. The Morgan fingerprint density at radius 1 is 0.929 bits per heavy atom. The quantitative estimate of drug-likeness (QED) is 0.153. The van der Waals surface area contributed by atoms with E-state index in [4.69, 9.17) is 9.97 Å². The molecule has 1 aliphatic carbocycles. The maximum atomic E-state index is 13.9. The molecule has 42 heavy (non-hydrogen) atoms. The molecule has 7 rings (SSSR count). The number of aromatic nitrogens is 3. The topological polar surface area (TPSA) is 76.9 Å². The smallest absolute Gasteiger partial charge is 0.267 e. The molecule has 3 heterocycles. The van der Waals surface area contributed by atoms with Gasteiger partial charge in [0.1, 0.15) is 9.84 Å². The van der Waals surface area contributed by atoms with Crippen molar-refractivity contribution in [2.45, 2.75) is 44.7 Å². The van der Waals surface area contributed by atoms with Crippen LogP contribution in [0, 0.1) is 13.8 Å². The van der Waals surface area contributed by atoms with Crippen LogP contribution in [0.15, 0.2) is 76.7 Å². The van der Waals surface area contributed by atoms with Crippen molar-refractivity contribution >= 4 is 66.5 Å². The van der Waals surface area contributed by atoms with Gasteiger partial charge in [-0.1, -0.05) is 35.5 Å². The minimum Gasteiger partial charge on any atom is -0.325 e. The summed E-state index contributed by atoms with van der Waals surface area (Å²) in [6.07, 6.45) is 4.17. The van der Waals surface area contributed by atoms with Crippen molar-refractivity contribution in [3.63, 3.8) is 0 Å². The molecule has 210 valence electrons. The van der Waals surface area contributed by atoms with E-state index in [1.165, 1.54) is 27.8 Å². The molecule has 1 amide bonds. The Labute approximate surface area is 255 Å². The third-order valence-corrected chi connectivity index (χ3v) is 10.7. The number of anilines is 1. The molecule has 6 aromatic rings. The van der Waals surface area contributed by atoms with Crippen LogP contribution in [0.4, 0.5) is 5.69 Å². The molecule has 0 saturated heterocycles. The normalized spacial score (nSPS) is 13.0. The highest BCUT2D eigenvalue weighted by atomic mass is 32.2. The lowest BCUT2D eigenvalue weighted by atomic mass is 9.97. The number of fused-ring (bicyclic) bond motifs is 4. The first-order chi connectivity index (χ1) is 20.4. The van der Waals surface area contributed by atoms with E-state index in [1.54, 1.807) is 27.2 Å². The SMILES string of the molecule is Cc1ccc(-n2c(SCC(=O)Nc3ccc(-c4nc5ccc(C)cc5s4)cc3)nc3sc4c(c3c2=O)CCCC4)cc1. The number of nitrogens with zero attached hydrogens (tertiary/aromatic N) is 3. The molecule has 1 N–H and O–H groups in total. The Bertz CT molecular complexity index is 2020. The van der Waals surface area contributed by atoms with Crippen LogP contribution in [0.1, 0.15) is 34.4 Å². The van der Waals surface area contributed by atoms with E-state index in [1.807, 2.05) is 55.5 Å². The first kappa shape index (κ1) is 27.1. The number of rotatable bonds is 6. The Kier molecular flexibility index (Phi) is 7.17. The zero-order valence-corrected chi connectivity index (χ0v) is 25.7. The van der Waals surface area contributed by atoms with E-state index in [2.05, 4.69) is 30.4 Å². The average Bonchev–Trinajstić information content (AvgIpc) is 3.58. The van der Waals surface area contributed by atoms with Crippen LogP contribution < -0.4 is 10.9 Å². The predicted octanol–water partition coefficient (Wildman–Crippen LogP) is 7.95. The lowest BCUT2D eigenvalue weighted by Gasteiger charge is -2.14. The molecule has 0 bridgehead atoms. The largest absolute Gasteiger partial charge is 0.325 e. The summed E-state index contributed by atoms with van der Waals surface area (Å²) in [7, 11) is 0. The predicted molar refractivity (Wildman–Crippen MR) is 176 cm³/mol. The number of thiophene rings is 1. The fraction of sp³-hybridized carbons (Fsp3) is 0.212. The van der Waals surface area contributed by atoms with Crippen molar-refractivity contribution in [3.05, 3.63) is 98.7 Å². The maximum absolute atomic E-state index is 13.9. The van der Waals surface area contributed by atoms with E-state index in [9.17, 15) is 9.59 Å². The van der Waals surface area contributed by atoms with Gasteiger partial charge in [0.25, 0.3) is 5.56 Å². The third-order valence-electron chi connectivity index (χ3n) is 7.54. The van der Waals surface area contributed by atoms with Crippen molar-refractivity contribution in [2.75, 3.05) is 11.1 Å². The van der Waals surface area contributed by atoms with Crippen LogP contribution in [0.5, 0.6) is 0 Å². The first-order valence-electron chi connectivity index (χ1n) is 14.0. The molecule has 0 unspecified atom stereocenters. The van der Waals surface area contributed by atoms with E-state index in [0.717, 1.165) is 67.9 Å². The molecule has 6 nitrogen and oxygen atoms in total. The highest BCUT2D eigenvalue weighted by molar-refractivity contribution is 7.99. The molecule has 0 aliphatic heterocycles. The second kappa shape index (κ2) is 11.1. The number of hydrogen-bond acceptors (Lipinski definition) is 7. The molecule has 0 fully saturated rings. The minimum absolute atomic E-state index is 0.0493. The summed E-state index contributed by atoms with van der Waals surface area (Å²) in [4.78, 5) is 38.7. The van der Waals surface area contributed by atoms with Gasteiger partial charge in [0.2, 0.25) is 5.91 Å². The van der Waals surface area contributed by atoms with Crippen molar-refractivity contribution in [2.24, 2.45) is 0 Å². The number of carbonyl (C=O) groups excluding carboxylic acids is 1. The summed E-state index contributed by atoms with van der Waals surface area (Å²) < 4.78 is 2.84. The van der Waals surface area contributed by atoms with Crippen molar-refractivity contribution in [3.8, 4) is 16.3 Å². The molecular formula is C33H28N4O2S3. The van der Waals surface area contributed by atoms with Gasteiger partial charge in [-0.25, -0.2) is 9.97 Å². The van der Waals surface area contributed by atoms with Gasteiger partial charge in [0.05, 0.1) is 27.0 Å². The molecule has 3 aromatic heterocycles. The Morgan fingerprint density at radius 3 is 2.50 bits per heavy atom. The third kappa shape index (κ3) is 5.17. The Morgan fingerprint density at radius 2 is 1.69 bits per heavy atom. The van der Waals surface area contributed by atoms with Gasteiger partial charge in [-0.2, -0.15) is 0 Å². The van der Waals surface area contributed by atoms with Gasteiger partial charge in [-0.15, -0.1) is 22.7 Å². The Hall–Kier alpha value is -3.79. The minimum atomic E-state index is -0.154.